The zero-order valence-corrected chi connectivity index (χ0v) is 9.75. The van der Waals surface area contributed by atoms with Crippen molar-refractivity contribution in [3.63, 3.8) is 0 Å². The van der Waals surface area contributed by atoms with Crippen LogP contribution in [0.4, 0.5) is 22.0 Å². The molecular weight excluding hydrogens is 231 g/mol. The SMILES string of the molecule is CCC(C)(CO)C(F)(F)C(C)(C)C(F)(F)F. The van der Waals surface area contributed by atoms with Gasteiger partial charge in [0.2, 0.25) is 0 Å². The van der Waals surface area contributed by atoms with Crippen molar-refractivity contribution in [3.05, 3.63) is 0 Å². The van der Waals surface area contributed by atoms with E-state index >= 15 is 0 Å². The Balaban J connectivity index is 5.51. The van der Waals surface area contributed by atoms with Crippen molar-refractivity contribution < 1.29 is 27.1 Å². The van der Waals surface area contributed by atoms with Crippen molar-refractivity contribution in [2.45, 2.75) is 46.2 Å². The summed E-state index contributed by atoms with van der Waals surface area (Å²) in [5.41, 5.74) is -5.25. The van der Waals surface area contributed by atoms with Crippen molar-refractivity contribution in [2.24, 2.45) is 10.8 Å². The normalized spacial score (nSPS) is 18.4. The average Bonchev–Trinajstić information content (AvgIpc) is 2.14. The highest BCUT2D eigenvalue weighted by Gasteiger charge is 2.69. The molecular formula is C10H17F5O. The Morgan fingerprint density at radius 3 is 1.50 bits per heavy atom. The van der Waals surface area contributed by atoms with Gasteiger partial charge in [-0.15, -0.1) is 0 Å². The number of halogens is 5. The molecule has 0 spiro atoms. The molecule has 0 amide bonds. The lowest BCUT2D eigenvalue weighted by Gasteiger charge is -2.45. The van der Waals surface area contributed by atoms with Crippen LogP contribution in [0.25, 0.3) is 0 Å². The largest absolute Gasteiger partial charge is 0.399 e. The fourth-order valence-electron chi connectivity index (χ4n) is 1.37. The third-order valence-corrected chi connectivity index (χ3v) is 3.38. The average molecular weight is 248 g/mol. The molecule has 6 heteroatoms. The topological polar surface area (TPSA) is 20.2 Å². The molecule has 0 radical (unpaired) electrons. The quantitative estimate of drug-likeness (QED) is 0.753. The molecule has 0 aliphatic rings. The third kappa shape index (κ3) is 2.04. The minimum Gasteiger partial charge on any atom is -0.396 e. The first-order valence-corrected chi connectivity index (χ1v) is 4.93. The molecule has 0 aliphatic heterocycles. The summed E-state index contributed by atoms with van der Waals surface area (Å²) in [6, 6.07) is 0. The minimum atomic E-state index is -5.03. The van der Waals surface area contributed by atoms with Crippen LogP contribution in [-0.4, -0.2) is 23.8 Å². The van der Waals surface area contributed by atoms with E-state index in [9.17, 15) is 22.0 Å². The molecule has 0 rings (SSSR count). The van der Waals surface area contributed by atoms with E-state index in [1.807, 2.05) is 0 Å². The highest BCUT2D eigenvalue weighted by atomic mass is 19.4. The van der Waals surface area contributed by atoms with Gasteiger partial charge in [0.1, 0.15) is 5.41 Å². The second-order valence-electron chi connectivity index (χ2n) is 4.77. The lowest BCUT2D eigenvalue weighted by Crippen LogP contribution is -2.57. The zero-order chi connectivity index (χ0) is 13.4. The summed E-state index contributed by atoms with van der Waals surface area (Å²) in [7, 11) is 0. The van der Waals surface area contributed by atoms with Crippen LogP contribution in [0.15, 0.2) is 0 Å². The van der Waals surface area contributed by atoms with Gasteiger partial charge in [0.25, 0.3) is 5.92 Å². The number of alkyl halides is 5. The van der Waals surface area contributed by atoms with Crippen molar-refractivity contribution in [1.29, 1.82) is 0 Å². The van der Waals surface area contributed by atoms with E-state index in [1.54, 1.807) is 0 Å². The maximum Gasteiger partial charge on any atom is 0.399 e. The summed E-state index contributed by atoms with van der Waals surface area (Å²) in [4.78, 5) is 0. The van der Waals surface area contributed by atoms with Crippen LogP contribution in [0.3, 0.4) is 0 Å². The Morgan fingerprint density at radius 2 is 1.31 bits per heavy atom. The zero-order valence-electron chi connectivity index (χ0n) is 9.75. The van der Waals surface area contributed by atoms with E-state index in [0.717, 1.165) is 6.92 Å². The van der Waals surface area contributed by atoms with Gasteiger partial charge in [-0.05, 0) is 20.3 Å². The Morgan fingerprint density at radius 1 is 0.938 bits per heavy atom. The van der Waals surface area contributed by atoms with Crippen LogP contribution in [0.2, 0.25) is 0 Å². The van der Waals surface area contributed by atoms with Crippen molar-refractivity contribution in [3.8, 4) is 0 Å². The standard InChI is InChI=1S/C10H17F5O/c1-5-8(4,6-16)9(11,12)7(2,3)10(13,14)15/h16H,5-6H2,1-4H3. The molecule has 0 saturated carbocycles. The molecule has 98 valence electrons. The minimum absolute atomic E-state index is 0.240. The summed E-state index contributed by atoms with van der Waals surface area (Å²) in [5.74, 6) is -4.04. The van der Waals surface area contributed by atoms with Gasteiger partial charge in [0, 0.05) is 0 Å². The molecule has 0 saturated heterocycles. The summed E-state index contributed by atoms with van der Waals surface area (Å²) in [5, 5.41) is 8.90. The van der Waals surface area contributed by atoms with Crippen molar-refractivity contribution in [2.75, 3.05) is 6.61 Å². The van der Waals surface area contributed by atoms with Gasteiger partial charge in [-0.2, -0.15) is 13.2 Å². The maximum absolute atomic E-state index is 13.9. The van der Waals surface area contributed by atoms with Crippen LogP contribution in [0.1, 0.15) is 34.1 Å². The Kier molecular flexibility index (Phi) is 4.03. The van der Waals surface area contributed by atoms with Gasteiger partial charge in [-0.3, -0.25) is 0 Å². The molecule has 0 aromatic rings. The van der Waals surface area contributed by atoms with Crippen LogP contribution in [0.5, 0.6) is 0 Å². The first-order chi connectivity index (χ1) is 6.87. The summed E-state index contributed by atoms with van der Waals surface area (Å²) >= 11 is 0. The summed E-state index contributed by atoms with van der Waals surface area (Å²) in [6.07, 6.45) is -5.27. The van der Waals surface area contributed by atoms with Crippen LogP contribution >= 0.6 is 0 Å². The predicted octanol–water partition coefficient (Wildman–Crippen LogP) is 3.62. The fraction of sp³-hybridized carbons (Fsp3) is 1.00. The Labute approximate surface area is 91.6 Å². The highest BCUT2D eigenvalue weighted by Crippen LogP contribution is 2.57. The Bertz CT molecular complexity index is 240. The number of hydrogen-bond acceptors (Lipinski definition) is 1. The van der Waals surface area contributed by atoms with Crippen molar-refractivity contribution >= 4 is 0 Å². The molecule has 1 atom stereocenters. The Hall–Kier alpha value is -0.390. The van der Waals surface area contributed by atoms with E-state index in [4.69, 9.17) is 5.11 Å². The fourth-order valence-corrected chi connectivity index (χ4v) is 1.37. The molecule has 0 aromatic heterocycles. The number of rotatable bonds is 4. The smallest absolute Gasteiger partial charge is 0.396 e. The molecule has 0 heterocycles. The van der Waals surface area contributed by atoms with Gasteiger partial charge >= 0.3 is 6.18 Å². The van der Waals surface area contributed by atoms with Crippen molar-refractivity contribution in [1.82, 2.24) is 0 Å². The van der Waals surface area contributed by atoms with E-state index < -0.39 is 29.5 Å². The second-order valence-corrected chi connectivity index (χ2v) is 4.77. The summed E-state index contributed by atoms with van der Waals surface area (Å²) in [6.45, 7) is 2.21. The van der Waals surface area contributed by atoms with Gasteiger partial charge in [0.15, 0.2) is 0 Å². The highest BCUT2D eigenvalue weighted by molar-refractivity contribution is 5.01. The number of aliphatic hydroxyl groups is 1. The molecule has 1 unspecified atom stereocenters. The predicted molar refractivity (Wildman–Crippen MR) is 50.3 cm³/mol. The van der Waals surface area contributed by atoms with E-state index in [1.165, 1.54) is 6.92 Å². The molecule has 0 aliphatic carbocycles. The number of aliphatic hydroxyl groups excluding tert-OH is 1. The first-order valence-electron chi connectivity index (χ1n) is 4.93. The number of hydrogen-bond donors (Lipinski definition) is 1. The van der Waals surface area contributed by atoms with E-state index in [-0.39, 0.29) is 6.42 Å². The van der Waals surface area contributed by atoms with Crippen LogP contribution < -0.4 is 0 Å². The van der Waals surface area contributed by atoms with Crippen LogP contribution in [-0.2, 0) is 0 Å². The molecule has 0 aromatic carbocycles. The van der Waals surface area contributed by atoms with Gasteiger partial charge < -0.3 is 5.11 Å². The maximum atomic E-state index is 13.9. The van der Waals surface area contributed by atoms with E-state index in [2.05, 4.69) is 0 Å². The van der Waals surface area contributed by atoms with Gasteiger partial charge in [-0.25, -0.2) is 8.78 Å². The molecule has 16 heavy (non-hydrogen) atoms. The van der Waals surface area contributed by atoms with Crippen LogP contribution in [0, 0.1) is 10.8 Å². The summed E-state index contributed by atoms with van der Waals surface area (Å²) < 4.78 is 65.4. The monoisotopic (exact) mass is 248 g/mol. The molecule has 0 fully saturated rings. The molecule has 1 N–H and O–H groups in total. The van der Waals surface area contributed by atoms with E-state index in [0.29, 0.717) is 13.8 Å². The molecule has 1 nitrogen and oxygen atoms in total. The second kappa shape index (κ2) is 4.13. The first kappa shape index (κ1) is 15.6. The van der Waals surface area contributed by atoms with Gasteiger partial charge in [0.05, 0.1) is 12.0 Å². The van der Waals surface area contributed by atoms with Gasteiger partial charge in [-0.1, -0.05) is 13.8 Å². The molecule has 0 bridgehead atoms. The lowest BCUT2D eigenvalue weighted by atomic mass is 9.68. The lowest BCUT2D eigenvalue weighted by molar-refractivity contribution is -0.319. The third-order valence-electron chi connectivity index (χ3n) is 3.38.